The van der Waals surface area contributed by atoms with Gasteiger partial charge in [-0.3, -0.25) is 0 Å². The van der Waals surface area contributed by atoms with Gasteiger partial charge >= 0.3 is 5.97 Å². The summed E-state index contributed by atoms with van der Waals surface area (Å²) in [6.07, 6.45) is 6.78. The van der Waals surface area contributed by atoms with Gasteiger partial charge in [0, 0.05) is 4.43 Å². The molecule has 19 heavy (non-hydrogen) atoms. The summed E-state index contributed by atoms with van der Waals surface area (Å²) >= 11 is 2.42. The molecule has 2 nitrogen and oxygen atoms in total. The topological polar surface area (TPSA) is 26.3 Å². The van der Waals surface area contributed by atoms with Gasteiger partial charge < -0.3 is 4.74 Å². The molecule has 1 aromatic carbocycles. The Morgan fingerprint density at radius 2 is 2.00 bits per heavy atom. The summed E-state index contributed by atoms with van der Waals surface area (Å²) in [5, 5.41) is 0. The second-order valence-electron chi connectivity index (χ2n) is 4.38. The van der Waals surface area contributed by atoms with Crippen LogP contribution in [0.1, 0.15) is 42.1 Å². The van der Waals surface area contributed by atoms with Crippen LogP contribution in [0.15, 0.2) is 35.9 Å². The fourth-order valence-electron chi connectivity index (χ4n) is 1.91. The third kappa shape index (κ3) is 5.76. The van der Waals surface area contributed by atoms with Gasteiger partial charge in [0.2, 0.25) is 0 Å². The molecule has 0 amide bonds. The van der Waals surface area contributed by atoms with E-state index >= 15 is 0 Å². The van der Waals surface area contributed by atoms with E-state index in [1.165, 1.54) is 23.5 Å². The normalized spacial score (nSPS) is 11.4. The lowest BCUT2D eigenvalue weighted by molar-refractivity contribution is 0.0600. The van der Waals surface area contributed by atoms with Crippen LogP contribution in [0, 0.1) is 0 Å². The number of allylic oxidation sites excluding steroid dienone is 2. The van der Waals surface area contributed by atoms with Crippen LogP contribution >= 0.6 is 22.6 Å². The molecule has 1 aromatic rings. The number of rotatable bonds is 7. The molecule has 0 aliphatic rings. The first-order valence-electron chi connectivity index (χ1n) is 6.62. The van der Waals surface area contributed by atoms with Gasteiger partial charge in [0.1, 0.15) is 0 Å². The minimum absolute atomic E-state index is 0.276. The summed E-state index contributed by atoms with van der Waals surface area (Å²) in [4.78, 5) is 11.3. The Morgan fingerprint density at radius 3 is 2.53 bits per heavy atom. The van der Waals surface area contributed by atoms with Gasteiger partial charge in [0.25, 0.3) is 0 Å². The number of ether oxygens (including phenoxy) is 1. The maximum atomic E-state index is 11.3. The smallest absolute Gasteiger partial charge is 0.337 e. The van der Waals surface area contributed by atoms with Crippen molar-refractivity contribution < 1.29 is 9.53 Å². The molecule has 0 radical (unpaired) electrons. The number of methoxy groups -OCH3 is 1. The number of hydrogen-bond acceptors (Lipinski definition) is 2. The van der Waals surface area contributed by atoms with Crippen molar-refractivity contribution in [2.75, 3.05) is 11.5 Å². The maximum Gasteiger partial charge on any atom is 0.337 e. The summed E-state index contributed by atoms with van der Waals surface area (Å²) in [6, 6.07) is 7.67. The minimum Gasteiger partial charge on any atom is -0.465 e. The highest BCUT2D eigenvalue weighted by Crippen LogP contribution is 2.12. The molecule has 0 aromatic heterocycles. The highest BCUT2D eigenvalue weighted by molar-refractivity contribution is 14.1. The Morgan fingerprint density at radius 1 is 1.32 bits per heavy atom. The molecule has 104 valence electrons. The fraction of sp³-hybridized carbons (Fsp3) is 0.438. The van der Waals surface area contributed by atoms with E-state index in [1.54, 1.807) is 5.57 Å². The number of hydrogen-bond donors (Lipinski definition) is 0. The van der Waals surface area contributed by atoms with Crippen molar-refractivity contribution in [1.29, 1.82) is 0 Å². The van der Waals surface area contributed by atoms with Gasteiger partial charge in [-0.05, 0) is 43.4 Å². The Kier molecular flexibility index (Phi) is 7.79. The average Bonchev–Trinajstić information content (AvgIpc) is 2.46. The second kappa shape index (κ2) is 9.13. The van der Waals surface area contributed by atoms with Crippen molar-refractivity contribution in [2.24, 2.45) is 0 Å². The summed E-state index contributed by atoms with van der Waals surface area (Å²) in [6.45, 7) is 2.21. The predicted octanol–water partition coefficient (Wildman–Crippen LogP) is 4.57. The van der Waals surface area contributed by atoms with Crippen LogP contribution in [0.3, 0.4) is 0 Å². The molecule has 0 heterocycles. The zero-order valence-electron chi connectivity index (χ0n) is 11.6. The highest BCUT2D eigenvalue weighted by atomic mass is 127. The zero-order chi connectivity index (χ0) is 14.1. The summed E-state index contributed by atoms with van der Waals surface area (Å²) in [7, 11) is 1.40. The number of alkyl halides is 1. The monoisotopic (exact) mass is 372 g/mol. The van der Waals surface area contributed by atoms with Crippen LogP contribution in [0.2, 0.25) is 0 Å². The van der Waals surface area contributed by atoms with Crippen molar-refractivity contribution in [2.45, 2.75) is 32.6 Å². The van der Waals surface area contributed by atoms with E-state index in [1.807, 2.05) is 24.3 Å². The molecular formula is C16H21IO2. The Hall–Kier alpha value is -0.840. The largest absolute Gasteiger partial charge is 0.465 e. The molecule has 0 N–H and O–H groups in total. The van der Waals surface area contributed by atoms with Gasteiger partial charge in [-0.25, -0.2) is 4.79 Å². The van der Waals surface area contributed by atoms with E-state index < -0.39 is 0 Å². The van der Waals surface area contributed by atoms with E-state index in [-0.39, 0.29) is 5.97 Å². The number of esters is 1. The van der Waals surface area contributed by atoms with Gasteiger partial charge in [0.15, 0.2) is 0 Å². The van der Waals surface area contributed by atoms with E-state index in [0.717, 1.165) is 19.3 Å². The van der Waals surface area contributed by atoms with Gasteiger partial charge in [-0.2, -0.15) is 0 Å². The van der Waals surface area contributed by atoms with Crippen molar-refractivity contribution in [3.05, 3.63) is 47.0 Å². The molecule has 3 heteroatoms. The van der Waals surface area contributed by atoms with Crippen molar-refractivity contribution in [3.8, 4) is 0 Å². The molecule has 0 bridgehead atoms. The summed E-state index contributed by atoms with van der Waals surface area (Å²) in [5.74, 6) is -0.276. The Balaban J connectivity index is 2.52. The molecule has 0 saturated carbocycles. The third-order valence-electron chi connectivity index (χ3n) is 3.11. The number of carbonyl (C=O) groups is 1. The van der Waals surface area contributed by atoms with E-state index in [0.29, 0.717) is 5.56 Å². The van der Waals surface area contributed by atoms with Gasteiger partial charge in [-0.1, -0.05) is 53.3 Å². The Labute approximate surface area is 129 Å². The Bertz CT molecular complexity index is 421. The van der Waals surface area contributed by atoms with Crippen LogP contribution in [-0.4, -0.2) is 17.5 Å². The van der Waals surface area contributed by atoms with Gasteiger partial charge in [0.05, 0.1) is 12.7 Å². The van der Waals surface area contributed by atoms with Crippen molar-refractivity contribution in [1.82, 2.24) is 0 Å². The lowest BCUT2D eigenvalue weighted by Gasteiger charge is -2.04. The zero-order valence-corrected chi connectivity index (χ0v) is 13.8. The summed E-state index contributed by atoms with van der Waals surface area (Å²) in [5.41, 5.74) is 3.41. The lowest BCUT2D eigenvalue weighted by atomic mass is 10.0. The molecule has 0 spiro atoms. The standard InChI is InChI=1S/C16H21IO2/c1-3-13(11-12-17)5-4-6-14-7-9-15(10-8-14)16(18)19-2/h5,7-10H,3-4,6,11-12H2,1-2H3/b13-5+. The van der Waals surface area contributed by atoms with Crippen LogP contribution < -0.4 is 0 Å². The number of halogens is 1. The lowest BCUT2D eigenvalue weighted by Crippen LogP contribution is -2.00. The molecule has 0 aliphatic carbocycles. The molecular weight excluding hydrogens is 351 g/mol. The first-order chi connectivity index (χ1) is 9.21. The van der Waals surface area contributed by atoms with E-state index in [2.05, 4.69) is 40.3 Å². The number of benzene rings is 1. The summed E-state index contributed by atoms with van der Waals surface area (Å²) < 4.78 is 5.87. The molecule has 0 unspecified atom stereocenters. The fourth-order valence-corrected chi connectivity index (χ4v) is 2.61. The molecule has 0 atom stereocenters. The maximum absolute atomic E-state index is 11.3. The number of carbonyl (C=O) groups excluding carboxylic acids is 1. The van der Waals surface area contributed by atoms with Crippen LogP contribution in [0.4, 0.5) is 0 Å². The molecule has 0 fully saturated rings. The van der Waals surface area contributed by atoms with Crippen LogP contribution in [-0.2, 0) is 11.2 Å². The predicted molar refractivity (Wildman–Crippen MR) is 88.0 cm³/mol. The third-order valence-corrected chi connectivity index (χ3v) is 3.65. The minimum atomic E-state index is -0.276. The first-order valence-corrected chi connectivity index (χ1v) is 8.15. The second-order valence-corrected chi connectivity index (χ2v) is 5.46. The number of aryl methyl sites for hydroxylation is 1. The highest BCUT2D eigenvalue weighted by Gasteiger charge is 2.03. The molecule has 0 saturated heterocycles. The van der Waals surface area contributed by atoms with E-state index in [4.69, 9.17) is 0 Å². The van der Waals surface area contributed by atoms with Crippen LogP contribution in [0.25, 0.3) is 0 Å². The van der Waals surface area contributed by atoms with Gasteiger partial charge in [-0.15, -0.1) is 0 Å². The average molecular weight is 372 g/mol. The van der Waals surface area contributed by atoms with Crippen molar-refractivity contribution >= 4 is 28.6 Å². The quantitative estimate of drug-likeness (QED) is 0.303. The van der Waals surface area contributed by atoms with E-state index in [9.17, 15) is 4.79 Å². The van der Waals surface area contributed by atoms with Crippen LogP contribution in [0.5, 0.6) is 0 Å². The first kappa shape index (κ1) is 16.2. The SMILES string of the molecule is CC/C(=C\CCc1ccc(C(=O)OC)cc1)CCI. The molecule has 0 aliphatic heterocycles. The van der Waals surface area contributed by atoms with Crippen molar-refractivity contribution in [3.63, 3.8) is 0 Å². The molecule has 1 rings (SSSR count).